The number of amides is 1. The van der Waals surface area contributed by atoms with Crippen molar-refractivity contribution in [2.45, 2.75) is 32.2 Å². The fourth-order valence-electron chi connectivity index (χ4n) is 2.49. The van der Waals surface area contributed by atoms with Crippen LogP contribution in [0.4, 0.5) is 0 Å². The maximum Gasteiger partial charge on any atom is 0.253 e. The van der Waals surface area contributed by atoms with E-state index in [1.807, 2.05) is 20.8 Å². The Labute approximate surface area is 149 Å². The Kier molecular flexibility index (Phi) is 6.33. The largest absolute Gasteiger partial charge is 0.339 e. The van der Waals surface area contributed by atoms with Crippen molar-refractivity contribution in [3.05, 3.63) is 65.2 Å². The summed E-state index contributed by atoms with van der Waals surface area (Å²) in [5.41, 5.74) is 2.31. The summed E-state index contributed by atoms with van der Waals surface area (Å²) in [6.07, 6.45) is 0. The zero-order valence-electron chi connectivity index (χ0n) is 14.8. The van der Waals surface area contributed by atoms with Crippen LogP contribution in [-0.2, 0) is 16.6 Å². The molecule has 0 saturated carbocycles. The second-order valence-electron chi connectivity index (χ2n) is 5.82. The highest BCUT2D eigenvalue weighted by atomic mass is 32.2. The normalized spacial score (nSPS) is 11.3. The number of rotatable bonds is 7. The first-order valence-corrected chi connectivity index (χ1v) is 9.80. The van der Waals surface area contributed by atoms with Gasteiger partial charge in [0.1, 0.15) is 0 Å². The Bertz CT molecular complexity index is 826. The monoisotopic (exact) mass is 360 g/mol. The molecule has 1 N–H and O–H groups in total. The molecule has 1 amide bonds. The van der Waals surface area contributed by atoms with Gasteiger partial charge in [-0.25, -0.2) is 13.1 Å². The van der Waals surface area contributed by atoms with Gasteiger partial charge in [0.2, 0.25) is 10.0 Å². The smallest absolute Gasteiger partial charge is 0.253 e. The number of nitrogens with zero attached hydrogens (tertiary/aromatic N) is 1. The molecule has 0 aliphatic rings. The summed E-state index contributed by atoms with van der Waals surface area (Å²) in [5.74, 6) is -0.0479. The molecule has 0 aromatic heterocycles. The van der Waals surface area contributed by atoms with E-state index >= 15 is 0 Å². The molecule has 0 aliphatic carbocycles. The average molecular weight is 360 g/mol. The maximum absolute atomic E-state index is 12.4. The van der Waals surface area contributed by atoms with Crippen LogP contribution in [-0.4, -0.2) is 32.3 Å². The SMILES string of the molecule is CCN(CC)C(=O)c1cccc(CNS(=O)(=O)c2ccc(C)cc2)c1. The maximum atomic E-state index is 12.4. The number of nitrogens with one attached hydrogen (secondary N) is 1. The summed E-state index contributed by atoms with van der Waals surface area (Å²) < 4.78 is 27.3. The Morgan fingerprint density at radius 2 is 1.68 bits per heavy atom. The van der Waals surface area contributed by atoms with Crippen molar-refractivity contribution in [1.82, 2.24) is 9.62 Å². The van der Waals surface area contributed by atoms with Crippen molar-refractivity contribution in [1.29, 1.82) is 0 Å². The molecule has 6 heteroatoms. The average Bonchev–Trinajstić information content (AvgIpc) is 2.61. The molecule has 0 unspecified atom stereocenters. The Balaban J connectivity index is 2.12. The van der Waals surface area contributed by atoms with Crippen LogP contribution in [0.5, 0.6) is 0 Å². The van der Waals surface area contributed by atoms with Crippen LogP contribution in [0.15, 0.2) is 53.4 Å². The highest BCUT2D eigenvalue weighted by molar-refractivity contribution is 7.89. The molecular formula is C19H24N2O3S. The molecule has 2 aromatic carbocycles. The number of hydrogen-bond donors (Lipinski definition) is 1. The highest BCUT2D eigenvalue weighted by Gasteiger charge is 2.15. The van der Waals surface area contributed by atoms with Crippen molar-refractivity contribution in [3.8, 4) is 0 Å². The predicted molar refractivity (Wildman–Crippen MR) is 98.9 cm³/mol. The summed E-state index contributed by atoms with van der Waals surface area (Å²) in [6, 6.07) is 13.7. The second-order valence-corrected chi connectivity index (χ2v) is 7.58. The second kappa shape index (κ2) is 8.27. The fraction of sp³-hybridized carbons (Fsp3) is 0.316. The quantitative estimate of drug-likeness (QED) is 0.825. The van der Waals surface area contributed by atoms with Gasteiger partial charge >= 0.3 is 0 Å². The van der Waals surface area contributed by atoms with Crippen molar-refractivity contribution >= 4 is 15.9 Å². The standard InChI is InChI=1S/C19H24N2O3S/c1-4-21(5-2)19(22)17-8-6-7-16(13-17)14-20-25(23,24)18-11-9-15(3)10-12-18/h6-13,20H,4-5,14H2,1-3H3. The molecule has 0 fully saturated rings. The summed E-state index contributed by atoms with van der Waals surface area (Å²) in [6.45, 7) is 7.18. The molecule has 0 heterocycles. The third-order valence-electron chi connectivity index (χ3n) is 4.02. The van der Waals surface area contributed by atoms with Crippen LogP contribution in [0.1, 0.15) is 35.3 Å². The van der Waals surface area contributed by atoms with Gasteiger partial charge < -0.3 is 4.90 Å². The van der Waals surface area contributed by atoms with E-state index in [-0.39, 0.29) is 17.3 Å². The van der Waals surface area contributed by atoms with E-state index in [2.05, 4.69) is 4.72 Å². The molecule has 0 atom stereocenters. The fourth-order valence-corrected chi connectivity index (χ4v) is 3.50. The van der Waals surface area contributed by atoms with Crippen LogP contribution in [0.2, 0.25) is 0 Å². The minimum atomic E-state index is -3.58. The summed E-state index contributed by atoms with van der Waals surface area (Å²) in [7, 11) is -3.58. The summed E-state index contributed by atoms with van der Waals surface area (Å²) >= 11 is 0. The zero-order chi connectivity index (χ0) is 18.4. The molecule has 25 heavy (non-hydrogen) atoms. The third-order valence-corrected chi connectivity index (χ3v) is 5.44. The molecule has 0 spiro atoms. The van der Waals surface area contributed by atoms with Gasteiger partial charge in [0.05, 0.1) is 4.90 Å². The van der Waals surface area contributed by atoms with E-state index in [1.165, 1.54) is 0 Å². The van der Waals surface area contributed by atoms with Crippen LogP contribution >= 0.6 is 0 Å². The lowest BCUT2D eigenvalue weighted by molar-refractivity contribution is 0.0773. The van der Waals surface area contributed by atoms with Crippen molar-refractivity contribution in [2.75, 3.05) is 13.1 Å². The van der Waals surface area contributed by atoms with Crippen LogP contribution in [0, 0.1) is 6.92 Å². The lowest BCUT2D eigenvalue weighted by Crippen LogP contribution is -2.30. The Morgan fingerprint density at radius 3 is 2.28 bits per heavy atom. The van der Waals surface area contributed by atoms with Crippen molar-refractivity contribution < 1.29 is 13.2 Å². The number of aryl methyl sites for hydroxylation is 1. The summed E-state index contributed by atoms with van der Waals surface area (Å²) in [4.78, 5) is 14.4. The lowest BCUT2D eigenvalue weighted by Gasteiger charge is -2.19. The third kappa shape index (κ3) is 4.90. The first kappa shape index (κ1) is 19.1. The Hall–Kier alpha value is -2.18. The zero-order valence-corrected chi connectivity index (χ0v) is 15.6. The van der Waals surface area contributed by atoms with E-state index in [0.29, 0.717) is 18.7 Å². The number of hydrogen-bond acceptors (Lipinski definition) is 3. The lowest BCUT2D eigenvalue weighted by atomic mass is 10.1. The molecule has 0 bridgehead atoms. The highest BCUT2D eigenvalue weighted by Crippen LogP contribution is 2.12. The van der Waals surface area contributed by atoms with Gasteiger partial charge in [-0.15, -0.1) is 0 Å². The number of benzene rings is 2. The van der Waals surface area contributed by atoms with Gasteiger partial charge in [-0.1, -0.05) is 29.8 Å². The topological polar surface area (TPSA) is 66.5 Å². The van der Waals surface area contributed by atoms with Gasteiger partial charge in [0.25, 0.3) is 5.91 Å². The van der Waals surface area contributed by atoms with Gasteiger partial charge in [-0.05, 0) is 50.6 Å². The molecule has 0 saturated heterocycles. The molecular weight excluding hydrogens is 336 g/mol. The van der Waals surface area contributed by atoms with Gasteiger partial charge in [0, 0.05) is 25.2 Å². The van der Waals surface area contributed by atoms with Crippen molar-refractivity contribution in [3.63, 3.8) is 0 Å². The van der Waals surface area contributed by atoms with Crippen LogP contribution < -0.4 is 4.72 Å². The minimum absolute atomic E-state index is 0.0479. The molecule has 2 rings (SSSR count). The molecule has 0 aliphatic heterocycles. The first-order chi connectivity index (χ1) is 11.9. The summed E-state index contributed by atoms with van der Waals surface area (Å²) in [5, 5.41) is 0. The van der Waals surface area contributed by atoms with Crippen molar-refractivity contribution in [2.24, 2.45) is 0 Å². The number of carbonyl (C=O) groups excluding carboxylic acids is 1. The van der Waals surface area contributed by atoms with E-state index in [1.54, 1.807) is 53.4 Å². The van der Waals surface area contributed by atoms with Crippen LogP contribution in [0.25, 0.3) is 0 Å². The number of carbonyl (C=O) groups is 1. The number of sulfonamides is 1. The van der Waals surface area contributed by atoms with E-state index in [9.17, 15) is 13.2 Å². The van der Waals surface area contributed by atoms with E-state index in [0.717, 1.165) is 11.1 Å². The van der Waals surface area contributed by atoms with E-state index in [4.69, 9.17) is 0 Å². The van der Waals surface area contributed by atoms with Crippen LogP contribution in [0.3, 0.4) is 0 Å². The minimum Gasteiger partial charge on any atom is -0.339 e. The molecule has 2 aromatic rings. The van der Waals surface area contributed by atoms with Gasteiger partial charge in [-0.2, -0.15) is 0 Å². The van der Waals surface area contributed by atoms with Gasteiger partial charge in [-0.3, -0.25) is 4.79 Å². The van der Waals surface area contributed by atoms with Gasteiger partial charge in [0.15, 0.2) is 0 Å². The molecule has 134 valence electrons. The van der Waals surface area contributed by atoms with E-state index < -0.39 is 10.0 Å². The molecule has 5 nitrogen and oxygen atoms in total. The predicted octanol–water partition coefficient (Wildman–Crippen LogP) is 2.96. The Morgan fingerprint density at radius 1 is 1.04 bits per heavy atom. The first-order valence-electron chi connectivity index (χ1n) is 8.32. The molecule has 0 radical (unpaired) electrons.